The number of likely N-dealkylation sites (tertiary alicyclic amines) is 1. The van der Waals surface area contributed by atoms with E-state index in [-0.39, 0.29) is 29.5 Å². The highest BCUT2D eigenvalue weighted by molar-refractivity contribution is 5.96. The van der Waals surface area contributed by atoms with Gasteiger partial charge in [-0.3, -0.25) is 9.59 Å². The number of nitrogens with zero attached hydrogens (tertiary/aromatic N) is 1. The number of carbonyl (C=O) groups excluding carboxylic acids is 2. The predicted octanol–water partition coefficient (Wildman–Crippen LogP) is 0.751. The smallest absolute Gasteiger partial charge is 0.254 e. The molecular weight excluding hydrogens is 272 g/mol. The maximum Gasteiger partial charge on any atom is 0.254 e. The average Bonchev–Trinajstić information content (AvgIpc) is 2.88. The van der Waals surface area contributed by atoms with Crippen LogP contribution in [0.2, 0.25) is 0 Å². The zero-order chi connectivity index (χ0) is 15.0. The molecule has 2 atom stereocenters. The Bertz CT molecular complexity index is 587. The van der Waals surface area contributed by atoms with Gasteiger partial charge in [0, 0.05) is 18.7 Å². The van der Waals surface area contributed by atoms with Crippen LogP contribution in [-0.2, 0) is 4.79 Å². The van der Waals surface area contributed by atoms with E-state index in [4.69, 9.17) is 4.74 Å². The van der Waals surface area contributed by atoms with Crippen LogP contribution >= 0.6 is 0 Å². The number of carbonyl (C=O) groups is 2. The summed E-state index contributed by atoms with van der Waals surface area (Å²) in [5, 5.41) is 12.6. The molecule has 0 bridgehead atoms. The highest BCUT2D eigenvalue weighted by atomic mass is 16.5. The minimum absolute atomic E-state index is 0.0371. The SMILES string of the molecule is COc1ccc(C(=O)N2CCCC3C(=O)NCC32)cc1O. The van der Waals surface area contributed by atoms with Gasteiger partial charge >= 0.3 is 0 Å². The molecule has 0 aromatic heterocycles. The number of rotatable bonds is 2. The van der Waals surface area contributed by atoms with Gasteiger partial charge in [0.1, 0.15) is 0 Å². The average molecular weight is 290 g/mol. The fraction of sp³-hybridized carbons (Fsp3) is 0.467. The molecule has 2 aliphatic rings. The summed E-state index contributed by atoms with van der Waals surface area (Å²) in [5.74, 6) is 0.0575. The first-order valence-electron chi connectivity index (χ1n) is 7.07. The fourth-order valence-electron chi connectivity index (χ4n) is 3.19. The van der Waals surface area contributed by atoms with Gasteiger partial charge in [-0.05, 0) is 31.0 Å². The monoisotopic (exact) mass is 290 g/mol. The Kier molecular flexibility index (Phi) is 3.45. The predicted molar refractivity (Wildman–Crippen MR) is 75.2 cm³/mol. The van der Waals surface area contributed by atoms with Gasteiger partial charge < -0.3 is 20.1 Å². The molecule has 2 N–H and O–H groups in total. The molecule has 0 aliphatic carbocycles. The van der Waals surface area contributed by atoms with Crippen LogP contribution in [0.25, 0.3) is 0 Å². The lowest BCUT2D eigenvalue weighted by atomic mass is 9.91. The summed E-state index contributed by atoms with van der Waals surface area (Å²) in [7, 11) is 1.46. The van der Waals surface area contributed by atoms with Crippen LogP contribution in [-0.4, -0.2) is 48.1 Å². The summed E-state index contributed by atoms with van der Waals surface area (Å²) >= 11 is 0. The Labute approximate surface area is 122 Å². The minimum atomic E-state index is -0.154. The molecule has 2 saturated heterocycles. The molecule has 21 heavy (non-hydrogen) atoms. The fourth-order valence-corrected chi connectivity index (χ4v) is 3.19. The van der Waals surface area contributed by atoms with Crippen molar-refractivity contribution in [1.29, 1.82) is 0 Å². The molecule has 2 fully saturated rings. The van der Waals surface area contributed by atoms with Gasteiger partial charge in [0.05, 0.1) is 19.1 Å². The first-order chi connectivity index (χ1) is 10.1. The molecule has 0 saturated carbocycles. The second-order valence-electron chi connectivity index (χ2n) is 5.45. The van der Waals surface area contributed by atoms with E-state index in [0.717, 1.165) is 12.8 Å². The van der Waals surface area contributed by atoms with E-state index in [1.54, 1.807) is 17.0 Å². The number of amides is 2. The number of phenolic OH excluding ortho intramolecular Hbond substituents is 1. The first kappa shape index (κ1) is 13.7. The molecule has 0 radical (unpaired) electrons. The van der Waals surface area contributed by atoms with Gasteiger partial charge in [0.25, 0.3) is 5.91 Å². The number of phenols is 1. The molecule has 2 unspecified atom stereocenters. The number of methoxy groups -OCH3 is 1. The number of benzene rings is 1. The van der Waals surface area contributed by atoms with Crippen LogP contribution in [0.3, 0.4) is 0 Å². The first-order valence-corrected chi connectivity index (χ1v) is 7.07. The third-order valence-electron chi connectivity index (χ3n) is 4.29. The summed E-state index contributed by atoms with van der Waals surface area (Å²) in [4.78, 5) is 26.1. The lowest BCUT2D eigenvalue weighted by Crippen LogP contribution is -2.48. The van der Waals surface area contributed by atoms with Gasteiger partial charge in [0.15, 0.2) is 11.5 Å². The second-order valence-corrected chi connectivity index (χ2v) is 5.45. The molecule has 2 aliphatic heterocycles. The summed E-state index contributed by atoms with van der Waals surface area (Å²) in [6.07, 6.45) is 1.65. The van der Waals surface area contributed by atoms with Crippen molar-refractivity contribution < 1.29 is 19.4 Å². The zero-order valence-corrected chi connectivity index (χ0v) is 11.8. The van der Waals surface area contributed by atoms with Crippen LogP contribution in [0, 0.1) is 5.92 Å². The summed E-state index contributed by atoms with van der Waals surface area (Å²) in [6.45, 7) is 1.15. The van der Waals surface area contributed by atoms with Crippen molar-refractivity contribution >= 4 is 11.8 Å². The van der Waals surface area contributed by atoms with E-state index in [1.807, 2.05) is 0 Å². The van der Waals surface area contributed by atoms with E-state index in [2.05, 4.69) is 5.32 Å². The van der Waals surface area contributed by atoms with Crippen LogP contribution < -0.4 is 10.1 Å². The van der Waals surface area contributed by atoms with Crippen molar-refractivity contribution in [3.63, 3.8) is 0 Å². The van der Waals surface area contributed by atoms with Crippen LogP contribution in [0.5, 0.6) is 11.5 Å². The van der Waals surface area contributed by atoms with Gasteiger partial charge in [-0.1, -0.05) is 0 Å². The molecule has 112 valence electrons. The quantitative estimate of drug-likeness (QED) is 0.842. The molecular formula is C15H18N2O4. The molecule has 2 amide bonds. The summed E-state index contributed by atoms with van der Waals surface area (Å²) < 4.78 is 4.98. The van der Waals surface area contributed by atoms with E-state index in [0.29, 0.717) is 24.4 Å². The maximum absolute atomic E-state index is 12.6. The summed E-state index contributed by atoms with van der Waals surface area (Å²) in [5.41, 5.74) is 0.410. The molecule has 1 aromatic carbocycles. The third kappa shape index (κ3) is 2.30. The van der Waals surface area contributed by atoms with Crippen molar-refractivity contribution in [2.24, 2.45) is 5.92 Å². The Morgan fingerprint density at radius 3 is 3.00 bits per heavy atom. The van der Waals surface area contributed by atoms with Crippen LogP contribution in [0.15, 0.2) is 18.2 Å². The highest BCUT2D eigenvalue weighted by Crippen LogP contribution is 2.31. The zero-order valence-electron chi connectivity index (χ0n) is 11.8. The summed E-state index contributed by atoms with van der Waals surface area (Å²) in [6, 6.07) is 4.54. The third-order valence-corrected chi connectivity index (χ3v) is 4.29. The number of hydrogen-bond donors (Lipinski definition) is 2. The number of ether oxygens (including phenoxy) is 1. The van der Waals surface area contributed by atoms with Gasteiger partial charge in [-0.25, -0.2) is 0 Å². The molecule has 6 heteroatoms. The second kappa shape index (κ2) is 5.27. The van der Waals surface area contributed by atoms with Gasteiger partial charge in [0.2, 0.25) is 5.91 Å². The number of piperidine rings is 1. The number of nitrogens with one attached hydrogen (secondary N) is 1. The topological polar surface area (TPSA) is 78.9 Å². The molecule has 0 spiro atoms. The van der Waals surface area contributed by atoms with Crippen molar-refractivity contribution in [3.05, 3.63) is 23.8 Å². The van der Waals surface area contributed by atoms with Crippen molar-refractivity contribution in [3.8, 4) is 11.5 Å². The molecule has 3 rings (SSSR count). The largest absolute Gasteiger partial charge is 0.504 e. The van der Waals surface area contributed by atoms with Crippen molar-refractivity contribution in [1.82, 2.24) is 10.2 Å². The van der Waals surface area contributed by atoms with Crippen molar-refractivity contribution in [2.75, 3.05) is 20.2 Å². The molecule has 1 aromatic rings. The molecule has 2 heterocycles. The van der Waals surface area contributed by atoms with Crippen LogP contribution in [0.1, 0.15) is 23.2 Å². The standard InChI is InChI=1S/C15H18N2O4/c1-21-13-5-4-9(7-12(13)18)15(20)17-6-2-3-10-11(17)8-16-14(10)19/h4-5,7,10-11,18H,2-3,6,8H2,1H3,(H,16,19). The number of fused-ring (bicyclic) bond motifs is 1. The number of hydrogen-bond acceptors (Lipinski definition) is 4. The molecule has 6 nitrogen and oxygen atoms in total. The van der Waals surface area contributed by atoms with E-state index in [1.165, 1.54) is 13.2 Å². The Balaban J connectivity index is 1.84. The maximum atomic E-state index is 12.6. The van der Waals surface area contributed by atoms with Gasteiger partial charge in [-0.15, -0.1) is 0 Å². The van der Waals surface area contributed by atoms with E-state index < -0.39 is 0 Å². The normalized spacial score (nSPS) is 24.4. The minimum Gasteiger partial charge on any atom is -0.504 e. The highest BCUT2D eigenvalue weighted by Gasteiger charge is 2.42. The number of aromatic hydroxyl groups is 1. The Morgan fingerprint density at radius 2 is 2.29 bits per heavy atom. The van der Waals surface area contributed by atoms with Crippen LogP contribution in [0.4, 0.5) is 0 Å². The Morgan fingerprint density at radius 1 is 1.48 bits per heavy atom. The lowest BCUT2D eigenvalue weighted by molar-refractivity contribution is -0.123. The van der Waals surface area contributed by atoms with Gasteiger partial charge in [-0.2, -0.15) is 0 Å². The Hall–Kier alpha value is -2.24. The lowest BCUT2D eigenvalue weighted by Gasteiger charge is -2.36. The van der Waals surface area contributed by atoms with E-state index in [9.17, 15) is 14.7 Å². The van der Waals surface area contributed by atoms with E-state index >= 15 is 0 Å². The van der Waals surface area contributed by atoms with Crippen molar-refractivity contribution in [2.45, 2.75) is 18.9 Å².